The van der Waals surface area contributed by atoms with Gasteiger partial charge in [0.1, 0.15) is 5.82 Å². The molecule has 0 aliphatic rings. The highest BCUT2D eigenvalue weighted by atomic mass is 19.1. The van der Waals surface area contributed by atoms with E-state index in [-0.39, 0.29) is 11.6 Å². The van der Waals surface area contributed by atoms with Gasteiger partial charge in [-0.3, -0.25) is 4.79 Å². The number of halogens is 1. The van der Waals surface area contributed by atoms with E-state index >= 15 is 0 Å². The van der Waals surface area contributed by atoms with Gasteiger partial charge in [0.2, 0.25) is 0 Å². The van der Waals surface area contributed by atoms with E-state index in [0.717, 1.165) is 11.1 Å². The van der Waals surface area contributed by atoms with Crippen LogP contribution in [0.2, 0.25) is 0 Å². The van der Waals surface area contributed by atoms with E-state index in [1.165, 1.54) is 12.1 Å². The van der Waals surface area contributed by atoms with Gasteiger partial charge >= 0.3 is 0 Å². The zero-order chi connectivity index (χ0) is 12.4. The smallest absolute Gasteiger partial charge is 0.193 e. The zero-order valence-electron chi connectivity index (χ0n) is 9.83. The molecule has 2 aromatic carbocycles. The van der Waals surface area contributed by atoms with E-state index in [1.54, 1.807) is 18.2 Å². The third-order valence-electron chi connectivity index (χ3n) is 2.71. The summed E-state index contributed by atoms with van der Waals surface area (Å²) in [5.74, 6) is -0.525. The Hall–Kier alpha value is -1.96. The zero-order valence-corrected chi connectivity index (χ0v) is 9.83. The van der Waals surface area contributed by atoms with E-state index in [1.807, 2.05) is 26.0 Å². The van der Waals surface area contributed by atoms with Gasteiger partial charge in [-0.2, -0.15) is 0 Å². The number of hydrogen-bond donors (Lipinski definition) is 0. The molecule has 86 valence electrons. The van der Waals surface area contributed by atoms with Gasteiger partial charge < -0.3 is 0 Å². The second-order valence-corrected chi connectivity index (χ2v) is 4.16. The molecule has 0 aliphatic carbocycles. The molecular weight excluding hydrogens is 215 g/mol. The van der Waals surface area contributed by atoms with Gasteiger partial charge in [-0.25, -0.2) is 4.39 Å². The standard InChI is InChI=1S/C15H13FO/c1-10-6-7-14(11(2)8-10)15(17)12-4-3-5-13(16)9-12/h3-9H,1-2H3. The topological polar surface area (TPSA) is 17.1 Å². The van der Waals surface area contributed by atoms with Crippen LogP contribution in [0.3, 0.4) is 0 Å². The fraction of sp³-hybridized carbons (Fsp3) is 0.133. The molecule has 0 N–H and O–H groups in total. The van der Waals surface area contributed by atoms with Crippen LogP contribution < -0.4 is 0 Å². The first kappa shape index (κ1) is 11.5. The van der Waals surface area contributed by atoms with Crippen LogP contribution in [0.15, 0.2) is 42.5 Å². The average Bonchev–Trinajstić information content (AvgIpc) is 2.28. The van der Waals surface area contributed by atoms with Crippen LogP contribution in [0, 0.1) is 19.7 Å². The number of carbonyl (C=O) groups is 1. The lowest BCUT2D eigenvalue weighted by atomic mass is 9.98. The van der Waals surface area contributed by atoms with E-state index < -0.39 is 0 Å². The van der Waals surface area contributed by atoms with E-state index in [4.69, 9.17) is 0 Å². The van der Waals surface area contributed by atoms with Crippen LogP contribution in [0.4, 0.5) is 4.39 Å². The van der Waals surface area contributed by atoms with Gasteiger partial charge in [-0.1, -0.05) is 35.9 Å². The predicted octanol–water partition coefficient (Wildman–Crippen LogP) is 3.67. The molecule has 2 rings (SSSR count). The second kappa shape index (κ2) is 4.50. The lowest BCUT2D eigenvalue weighted by Gasteiger charge is -2.06. The van der Waals surface area contributed by atoms with Crippen LogP contribution in [0.1, 0.15) is 27.0 Å². The summed E-state index contributed by atoms with van der Waals surface area (Å²) >= 11 is 0. The average molecular weight is 228 g/mol. The van der Waals surface area contributed by atoms with Crippen molar-refractivity contribution < 1.29 is 9.18 Å². The number of carbonyl (C=O) groups excluding carboxylic acids is 1. The largest absolute Gasteiger partial charge is 0.289 e. The summed E-state index contributed by atoms with van der Waals surface area (Å²) in [5.41, 5.74) is 3.04. The Morgan fingerprint density at radius 2 is 1.82 bits per heavy atom. The Morgan fingerprint density at radius 3 is 2.47 bits per heavy atom. The highest BCUT2D eigenvalue weighted by Crippen LogP contribution is 2.16. The van der Waals surface area contributed by atoms with Crippen molar-refractivity contribution in [3.8, 4) is 0 Å². The Bertz CT molecular complexity index is 573. The molecule has 0 saturated carbocycles. The van der Waals surface area contributed by atoms with Gasteiger partial charge in [0, 0.05) is 11.1 Å². The molecule has 0 aromatic heterocycles. The lowest BCUT2D eigenvalue weighted by Crippen LogP contribution is -2.04. The summed E-state index contributed by atoms with van der Waals surface area (Å²) in [4.78, 5) is 12.2. The summed E-state index contributed by atoms with van der Waals surface area (Å²) in [7, 11) is 0. The molecule has 17 heavy (non-hydrogen) atoms. The van der Waals surface area contributed by atoms with Gasteiger partial charge in [-0.15, -0.1) is 0 Å². The minimum absolute atomic E-state index is 0.137. The highest BCUT2D eigenvalue weighted by molar-refractivity contribution is 6.09. The normalized spacial score (nSPS) is 10.3. The first-order valence-corrected chi connectivity index (χ1v) is 5.45. The van der Waals surface area contributed by atoms with Crippen LogP contribution in [-0.4, -0.2) is 5.78 Å². The molecule has 2 heteroatoms. The SMILES string of the molecule is Cc1ccc(C(=O)c2cccc(F)c2)c(C)c1. The molecule has 0 aliphatic heterocycles. The molecule has 0 bridgehead atoms. The van der Waals surface area contributed by atoms with Crippen molar-refractivity contribution in [1.29, 1.82) is 0 Å². The quantitative estimate of drug-likeness (QED) is 0.717. The fourth-order valence-corrected chi connectivity index (χ4v) is 1.85. The Morgan fingerprint density at radius 1 is 1.06 bits per heavy atom. The Labute approximate surface area is 99.9 Å². The van der Waals surface area contributed by atoms with Crippen molar-refractivity contribution in [2.24, 2.45) is 0 Å². The number of ketones is 1. The fourth-order valence-electron chi connectivity index (χ4n) is 1.85. The maximum absolute atomic E-state index is 13.1. The molecule has 0 spiro atoms. The van der Waals surface area contributed by atoms with Crippen molar-refractivity contribution in [1.82, 2.24) is 0 Å². The number of rotatable bonds is 2. The third-order valence-corrected chi connectivity index (χ3v) is 2.71. The molecule has 0 radical (unpaired) electrons. The minimum Gasteiger partial charge on any atom is -0.289 e. The molecule has 0 unspecified atom stereocenters. The van der Waals surface area contributed by atoms with Crippen LogP contribution in [-0.2, 0) is 0 Å². The van der Waals surface area contributed by atoms with E-state index in [2.05, 4.69) is 0 Å². The van der Waals surface area contributed by atoms with Gasteiger partial charge in [0.15, 0.2) is 5.78 Å². The third kappa shape index (κ3) is 2.41. The molecule has 0 fully saturated rings. The molecule has 2 aromatic rings. The first-order valence-electron chi connectivity index (χ1n) is 5.45. The van der Waals surface area contributed by atoms with Crippen LogP contribution in [0.5, 0.6) is 0 Å². The second-order valence-electron chi connectivity index (χ2n) is 4.16. The van der Waals surface area contributed by atoms with Gasteiger partial charge in [0.25, 0.3) is 0 Å². The lowest BCUT2D eigenvalue weighted by molar-refractivity contribution is 0.103. The summed E-state index contributed by atoms with van der Waals surface area (Å²) in [6.45, 7) is 3.86. The molecular formula is C15H13FO. The molecule has 0 saturated heterocycles. The molecule has 0 amide bonds. The summed E-state index contributed by atoms with van der Waals surface area (Å²) in [5, 5.41) is 0. The van der Waals surface area contributed by atoms with Crippen molar-refractivity contribution in [3.05, 3.63) is 70.5 Å². The van der Waals surface area contributed by atoms with Gasteiger partial charge in [-0.05, 0) is 31.5 Å². The van der Waals surface area contributed by atoms with Crippen LogP contribution >= 0.6 is 0 Å². The maximum Gasteiger partial charge on any atom is 0.193 e. The summed E-state index contributed by atoms with van der Waals surface area (Å²) < 4.78 is 13.1. The monoisotopic (exact) mass is 228 g/mol. The summed E-state index contributed by atoms with van der Waals surface area (Å²) in [6, 6.07) is 11.4. The molecule has 0 atom stereocenters. The number of benzene rings is 2. The molecule has 0 heterocycles. The van der Waals surface area contributed by atoms with Crippen LogP contribution in [0.25, 0.3) is 0 Å². The number of aryl methyl sites for hydroxylation is 2. The maximum atomic E-state index is 13.1. The minimum atomic E-state index is -0.388. The van der Waals surface area contributed by atoms with Crippen molar-refractivity contribution in [2.75, 3.05) is 0 Å². The number of hydrogen-bond acceptors (Lipinski definition) is 1. The predicted molar refractivity (Wildman–Crippen MR) is 65.7 cm³/mol. The first-order chi connectivity index (χ1) is 8.08. The van der Waals surface area contributed by atoms with Gasteiger partial charge in [0.05, 0.1) is 0 Å². The highest BCUT2D eigenvalue weighted by Gasteiger charge is 2.11. The van der Waals surface area contributed by atoms with E-state index in [9.17, 15) is 9.18 Å². The van der Waals surface area contributed by atoms with Crippen molar-refractivity contribution in [2.45, 2.75) is 13.8 Å². The van der Waals surface area contributed by atoms with Crippen molar-refractivity contribution >= 4 is 5.78 Å². The van der Waals surface area contributed by atoms with E-state index in [0.29, 0.717) is 11.1 Å². The molecule has 1 nitrogen and oxygen atoms in total. The Kier molecular flexibility index (Phi) is 3.05. The van der Waals surface area contributed by atoms with Crippen molar-refractivity contribution in [3.63, 3.8) is 0 Å². The Balaban J connectivity index is 2.44. The summed E-state index contributed by atoms with van der Waals surface area (Å²) in [6.07, 6.45) is 0.